The predicted molar refractivity (Wildman–Crippen MR) is 169 cm³/mol. The van der Waals surface area contributed by atoms with Crippen LogP contribution in [0.3, 0.4) is 0 Å². The van der Waals surface area contributed by atoms with Gasteiger partial charge in [0.15, 0.2) is 0 Å². The molecule has 22 heteroatoms. The highest BCUT2D eigenvalue weighted by molar-refractivity contribution is 8.16. The van der Waals surface area contributed by atoms with Gasteiger partial charge in [0, 0.05) is 15.3 Å². The summed E-state index contributed by atoms with van der Waals surface area (Å²) in [5.74, 6) is 2.57. The van der Waals surface area contributed by atoms with Crippen LogP contribution in [0.5, 0.6) is 0 Å². The summed E-state index contributed by atoms with van der Waals surface area (Å²) >= 11 is 11.3. The van der Waals surface area contributed by atoms with Crippen molar-refractivity contribution in [2.75, 3.05) is 74.4 Å². The zero-order valence-electron chi connectivity index (χ0n) is 20.7. The van der Waals surface area contributed by atoms with Crippen LogP contribution in [-0.2, 0) is 29.0 Å². The van der Waals surface area contributed by atoms with E-state index in [0.717, 1.165) is 21.9 Å². The number of aliphatic hydroxyl groups excluding tert-OH is 2. The molecule has 0 aliphatic heterocycles. The van der Waals surface area contributed by atoms with Gasteiger partial charge in [-0.3, -0.25) is 0 Å². The number of amides is 2. The Morgan fingerprint density at radius 3 is 1.59 bits per heavy atom. The summed E-state index contributed by atoms with van der Waals surface area (Å²) in [7, 11) is 0. The summed E-state index contributed by atoms with van der Waals surface area (Å²) in [6.07, 6.45) is 1.43. The fourth-order valence-electron chi connectivity index (χ4n) is 1.40. The summed E-state index contributed by atoms with van der Waals surface area (Å²) in [6, 6.07) is 0. The van der Waals surface area contributed by atoms with E-state index >= 15 is 0 Å². The maximum absolute atomic E-state index is 11.6. The van der Waals surface area contributed by atoms with Gasteiger partial charge in [0.25, 0.3) is 0 Å². The number of nitrogens with zero attached hydrogens (tertiary/aromatic N) is 2. The van der Waals surface area contributed by atoms with E-state index in [-0.39, 0.29) is 29.7 Å². The van der Waals surface area contributed by atoms with Gasteiger partial charge < -0.3 is 40.1 Å². The largest absolute Gasteiger partial charge is 0.438 e. The van der Waals surface area contributed by atoms with Crippen LogP contribution < -0.4 is 10.6 Å². The topological polar surface area (TPSA) is 179 Å². The van der Waals surface area contributed by atoms with Crippen LogP contribution in [0.4, 0.5) is 9.59 Å². The molecule has 0 bridgehead atoms. The van der Waals surface area contributed by atoms with Crippen molar-refractivity contribution in [1.82, 2.24) is 10.6 Å². The van der Waals surface area contributed by atoms with Crippen molar-refractivity contribution in [3.8, 4) is 0 Å². The first-order chi connectivity index (χ1) is 19.2. The second kappa shape index (κ2) is 34.3. The SMILES string of the molecule is O=C(NCSCSC/N=C/OOCSCSCOC(=O)NCSCSC/N=C\OOCSCO)OCSCO. The summed E-state index contributed by atoms with van der Waals surface area (Å²) in [5.41, 5.74) is 0. The fraction of sp³-hybridized carbons (Fsp3) is 0.765. The molecule has 4 N–H and O–H groups in total. The molecule has 0 heterocycles. The number of thioether (sulfide) groups is 8. The van der Waals surface area contributed by atoms with Crippen molar-refractivity contribution >= 4 is 119 Å². The van der Waals surface area contributed by atoms with Crippen LogP contribution in [0.25, 0.3) is 0 Å². The summed E-state index contributed by atoms with van der Waals surface area (Å²) in [6.45, 7) is 0. The van der Waals surface area contributed by atoms with Gasteiger partial charge in [-0.1, -0.05) is 11.8 Å². The molecule has 0 aliphatic carbocycles. The minimum atomic E-state index is -0.517. The van der Waals surface area contributed by atoms with Crippen LogP contribution >= 0.6 is 94.1 Å². The van der Waals surface area contributed by atoms with Crippen molar-refractivity contribution in [2.45, 2.75) is 0 Å². The lowest BCUT2D eigenvalue weighted by molar-refractivity contribution is -0.196. The van der Waals surface area contributed by atoms with Crippen LogP contribution in [0.2, 0.25) is 0 Å². The summed E-state index contributed by atoms with van der Waals surface area (Å²) in [5, 5.41) is 24.4. The van der Waals surface area contributed by atoms with Crippen molar-refractivity contribution in [3.05, 3.63) is 0 Å². The number of nitrogens with one attached hydrogen (secondary N) is 2. The normalized spacial score (nSPS) is 11.1. The number of carbonyl (C=O) groups is 2. The number of ether oxygens (including phenoxy) is 2. The molecule has 228 valence electrons. The Balaban J connectivity index is 3.28. The zero-order valence-corrected chi connectivity index (χ0v) is 27.2. The molecule has 0 unspecified atom stereocenters. The van der Waals surface area contributed by atoms with Gasteiger partial charge in [0.2, 0.25) is 12.8 Å². The Bertz CT molecular complexity index is 634. The van der Waals surface area contributed by atoms with Gasteiger partial charge in [-0.05, 0) is 0 Å². The Morgan fingerprint density at radius 1 is 0.615 bits per heavy atom. The molecule has 0 aromatic carbocycles. The van der Waals surface area contributed by atoms with Gasteiger partial charge in [-0.2, -0.15) is 9.78 Å². The lowest BCUT2D eigenvalue weighted by Gasteiger charge is -2.06. The van der Waals surface area contributed by atoms with Gasteiger partial charge in [0.05, 0.1) is 35.4 Å². The number of carbonyl (C=O) groups excluding carboxylic acids is 2. The molecule has 14 nitrogen and oxygen atoms in total. The maximum Gasteiger partial charge on any atom is 0.408 e. The van der Waals surface area contributed by atoms with Crippen LogP contribution in [0.15, 0.2) is 9.98 Å². The van der Waals surface area contributed by atoms with E-state index in [0.29, 0.717) is 34.5 Å². The molecule has 0 fully saturated rings. The van der Waals surface area contributed by atoms with Gasteiger partial charge in [0.1, 0.15) is 23.8 Å². The number of alkyl carbamates (subject to hydrolysis) is 2. The predicted octanol–water partition coefficient (Wildman–Crippen LogP) is 3.69. The maximum atomic E-state index is 11.6. The minimum Gasteiger partial charge on any atom is -0.438 e. The standard InChI is InChI=1S/C17H32N4O10S8/c22-7-36-9-26-16(24)20-5-34-13-33-4-19-2-29-31-12-39-15-38-10-27-17(25)21-6-35-14-32-3-18-1-28-30-11-37-8-23/h1-2,22-23H,3-15H2,(H,20,24)(H,21,25)/b18-1-,19-2+. The van der Waals surface area contributed by atoms with Gasteiger partial charge >= 0.3 is 12.2 Å². The molecule has 0 aromatic heterocycles. The third-order valence-corrected chi connectivity index (χ3v) is 9.65. The molecule has 0 atom stereocenters. The highest BCUT2D eigenvalue weighted by Crippen LogP contribution is 2.13. The third kappa shape index (κ3) is 34.2. The first-order valence-electron chi connectivity index (χ1n) is 10.4. The van der Waals surface area contributed by atoms with Crippen molar-refractivity contribution < 1.29 is 48.8 Å². The van der Waals surface area contributed by atoms with Gasteiger partial charge in [-0.25, -0.2) is 19.6 Å². The number of rotatable bonds is 28. The Hall–Kier alpha value is 0.120. The van der Waals surface area contributed by atoms with E-state index in [1.165, 1.54) is 71.6 Å². The number of hydrogen-bond donors (Lipinski definition) is 4. The van der Waals surface area contributed by atoms with E-state index < -0.39 is 12.2 Å². The first kappa shape index (κ1) is 39.1. The highest BCUT2D eigenvalue weighted by Gasteiger charge is 2.02. The molecular weight excluding hydrogens is 677 g/mol. The summed E-state index contributed by atoms with van der Waals surface area (Å²) < 4.78 is 9.85. The molecule has 0 spiro atoms. The molecule has 0 saturated carbocycles. The molecule has 39 heavy (non-hydrogen) atoms. The molecule has 0 rings (SSSR count). The Kier molecular flexibility index (Phi) is 34.4. The van der Waals surface area contributed by atoms with Crippen LogP contribution in [-0.4, -0.2) is 110 Å². The smallest absolute Gasteiger partial charge is 0.408 e. The lowest BCUT2D eigenvalue weighted by atomic mass is 11.1. The lowest BCUT2D eigenvalue weighted by Crippen LogP contribution is -2.23. The fourth-order valence-corrected chi connectivity index (χ4v) is 6.17. The van der Waals surface area contributed by atoms with Crippen molar-refractivity contribution in [2.24, 2.45) is 9.98 Å². The molecule has 0 aromatic rings. The number of hydrogen-bond acceptors (Lipinski definition) is 20. The average molecular weight is 709 g/mol. The average Bonchev–Trinajstić information content (AvgIpc) is 2.93. The Morgan fingerprint density at radius 2 is 1.05 bits per heavy atom. The van der Waals surface area contributed by atoms with Crippen molar-refractivity contribution in [1.29, 1.82) is 0 Å². The second-order valence-corrected chi connectivity index (χ2v) is 14.1. The summed E-state index contributed by atoms with van der Waals surface area (Å²) in [4.78, 5) is 50.0. The van der Waals surface area contributed by atoms with E-state index in [2.05, 4.69) is 25.5 Å². The molecule has 0 saturated heterocycles. The van der Waals surface area contributed by atoms with E-state index in [1.54, 1.807) is 23.5 Å². The number of aliphatic hydroxyl groups is 2. The first-order valence-corrected chi connectivity index (χ1v) is 19.6. The third-order valence-electron chi connectivity index (χ3n) is 2.83. The Labute approximate surface area is 261 Å². The molecule has 0 radical (unpaired) electrons. The second-order valence-electron chi connectivity index (χ2n) is 5.48. The molecular formula is C17H32N4O10S8. The van der Waals surface area contributed by atoms with Gasteiger partial charge in [-0.15, -0.1) is 82.3 Å². The van der Waals surface area contributed by atoms with E-state index in [4.69, 9.17) is 34.3 Å². The highest BCUT2D eigenvalue weighted by atomic mass is 32.2. The van der Waals surface area contributed by atoms with E-state index in [1.807, 2.05) is 0 Å². The zero-order chi connectivity index (χ0) is 28.5. The molecule has 0 aliphatic rings. The number of aliphatic imine (C=N–C) groups is 2. The van der Waals surface area contributed by atoms with Crippen LogP contribution in [0.1, 0.15) is 0 Å². The minimum absolute atomic E-state index is 0.0324. The molecule has 2 amide bonds. The van der Waals surface area contributed by atoms with E-state index in [9.17, 15) is 9.59 Å². The monoisotopic (exact) mass is 708 g/mol. The van der Waals surface area contributed by atoms with Crippen molar-refractivity contribution in [3.63, 3.8) is 0 Å². The van der Waals surface area contributed by atoms with Crippen LogP contribution in [0, 0.1) is 0 Å². The quantitative estimate of drug-likeness (QED) is 0.0231.